The number of unbranched alkanes of at least 4 members (excludes halogenated alkanes) is 10. The fourth-order valence-corrected chi connectivity index (χ4v) is 7.85. The number of aromatic nitrogens is 2. The van der Waals surface area contributed by atoms with Gasteiger partial charge in [0.1, 0.15) is 5.69 Å². The van der Waals surface area contributed by atoms with Crippen molar-refractivity contribution in [1.29, 1.82) is 0 Å². The molecule has 15 heteroatoms. The topological polar surface area (TPSA) is 125 Å². The molecule has 1 heterocycles. The fraction of sp³-hybridized carbons (Fsp3) is 0.371. The quantitative estimate of drug-likeness (QED) is 0.0703. The third-order valence-electron chi connectivity index (χ3n) is 7.98. The van der Waals surface area contributed by atoms with Crippen LogP contribution >= 0.6 is 58.0 Å². The predicted molar refractivity (Wildman–Crippen MR) is 208 cm³/mol. The number of H-pyrrole nitrogens is 1. The van der Waals surface area contributed by atoms with Crippen LogP contribution in [0.1, 0.15) is 84.0 Å². The lowest BCUT2D eigenvalue weighted by atomic mass is 10.1. The van der Waals surface area contributed by atoms with Gasteiger partial charge in [-0.15, -0.1) is 0 Å². The zero-order valence-corrected chi connectivity index (χ0v) is 32.2. The first-order valence-electron chi connectivity index (χ1n) is 16.5. The lowest BCUT2D eigenvalue weighted by Gasteiger charge is -2.11. The maximum atomic E-state index is 13.7. The van der Waals surface area contributed by atoms with E-state index < -0.39 is 15.6 Å². The summed E-state index contributed by atoms with van der Waals surface area (Å²) < 4.78 is 30.5. The van der Waals surface area contributed by atoms with Crippen LogP contribution in [0.5, 0.6) is 0 Å². The molecular weight excluding hydrogens is 764 g/mol. The van der Waals surface area contributed by atoms with Crippen LogP contribution in [0, 0.1) is 0 Å². The zero-order chi connectivity index (χ0) is 36.3. The van der Waals surface area contributed by atoms with Crippen molar-refractivity contribution in [3.05, 3.63) is 90.1 Å². The van der Waals surface area contributed by atoms with Crippen molar-refractivity contribution in [3.63, 3.8) is 0 Å². The second kappa shape index (κ2) is 19.1. The number of anilines is 4. The number of sulfonamides is 1. The lowest BCUT2D eigenvalue weighted by molar-refractivity contribution is -0.116. The molecular formula is C35H40Cl5N5O4S. The summed E-state index contributed by atoms with van der Waals surface area (Å²) in [5, 5.41) is 9.49. The van der Waals surface area contributed by atoms with E-state index in [4.69, 9.17) is 58.0 Å². The number of hydrogen-bond donors (Lipinski definition) is 4. The Hall–Kier alpha value is -2.86. The van der Waals surface area contributed by atoms with Gasteiger partial charge in [-0.2, -0.15) is 0 Å². The third-order valence-corrected chi connectivity index (χ3v) is 10.7. The molecule has 0 unspecified atom stereocenters. The standard InChI is InChI=1S/C35H40Cl5N5O4S/c1-2-3-4-5-6-7-8-9-10-11-12-13-31(46)41-25-15-17-26(18-16-25)50(48,49)44-32-34(42-30-19-14-23(36)20-27(30)38)43-45(35(32)47)33-28(39)21-24(37)22-29(33)40/h14-22,42-44H,2-13H2,1H3,(H,41,46). The number of benzene rings is 3. The van der Waals surface area contributed by atoms with Crippen LogP contribution in [0.3, 0.4) is 0 Å². The molecule has 9 nitrogen and oxygen atoms in total. The minimum atomic E-state index is -4.32. The van der Waals surface area contributed by atoms with Crippen LogP contribution in [-0.4, -0.2) is 24.1 Å². The highest BCUT2D eigenvalue weighted by molar-refractivity contribution is 7.92. The van der Waals surface area contributed by atoms with E-state index in [1.54, 1.807) is 12.1 Å². The molecule has 3 aromatic carbocycles. The number of nitrogens with zero attached hydrogens (tertiary/aromatic N) is 1. The summed E-state index contributed by atoms with van der Waals surface area (Å²) in [4.78, 5) is 26.1. The lowest BCUT2D eigenvalue weighted by Crippen LogP contribution is -2.22. The number of carbonyl (C=O) groups is 1. The van der Waals surface area contributed by atoms with Gasteiger partial charge in [-0.3, -0.25) is 19.4 Å². The molecule has 0 radical (unpaired) electrons. The zero-order valence-electron chi connectivity index (χ0n) is 27.6. The van der Waals surface area contributed by atoms with Gasteiger partial charge in [0.25, 0.3) is 15.6 Å². The molecule has 4 aromatic rings. The van der Waals surface area contributed by atoms with Crippen molar-refractivity contribution in [3.8, 4) is 5.69 Å². The number of halogens is 5. The summed E-state index contributed by atoms with van der Waals surface area (Å²) in [6.45, 7) is 2.23. The highest BCUT2D eigenvalue weighted by Gasteiger charge is 2.25. The van der Waals surface area contributed by atoms with E-state index in [9.17, 15) is 18.0 Å². The molecule has 0 aliphatic heterocycles. The number of amides is 1. The molecule has 1 amide bonds. The number of hydrogen-bond acceptors (Lipinski definition) is 5. The Morgan fingerprint density at radius 2 is 1.30 bits per heavy atom. The molecule has 0 saturated carbocycles. The van der Waals surface area contributed by atoms with E-state index >= 15 is 0 Å². The third kappa shape index (κ3) is 11.3. The van der Waals surface area contributed by atoms with Crippen molar-refractivity contribution in [2.75, 3.05) is 15.4 Å². The number of nitrogens with one attached hydrogen (secondary N) is 4. The molecule has 0 fully saturated rings. The molecule has 0 aliphatic rings. The highest BCUT2D eigenvalue weighted by Crippen LogP contribution is 2.35. The summed E-state index contributed by atoms with van der Waals surface area (Å²) in [5.41, 5.74) is -0.369. The second-order valence-corrected chi connectivity index (χ2v) is 15.7. The Labute approximate surface area is 318 Å². The van der Waals surface area contributed by atoms with E-state index in [-0.39, 0.29) is 48.1 Å². The summed E-state index contributed by atoms with van der Waals surface area (Å²) in [7, 11) is -4.32. The molecule has 4 N–H and O–H groups in total. The molecule has 0 saturated heterocycles. The van der Waals surface area contributed by atoms with Crippen LogP contribution in [0.15, 0.2) is 64.3 Å². The maximum Gasteiger partial charge on any atom is 0.297 e. The van der Waals surface area contributed by atoms with Gasteiger partial charge in [0.05, 0.1) is 25.7 Å². The Morgan fingerprint density at radius 1 is 0.740 bits per heavy atom. The first kappa shape index (κ1) is 39.9. The minimum Gasteiger partial charge on any atom is -0.338 e. The van der Waals surface area contributed by atoms with Crippen LogP contribution in [0.25, 0.3) is 5.69 Å². The van der Waals surface area contributed by atoms with Crippen molar-refractivity contribution in [2.45, 2.75) is 88.9 Å². The number of aromatic amines is 1. The number of carbonyl (C=O) groups excluding carboxylic acids is 1. The van der Waals surface area contributed by atoms with Crippen molar-refractivity contribution in [1.82, 2.24) is 9.78 Å². The Bertz CT molecular complexity index is 1910. The monoisotopic (exact) mass is 801 g/mol. The fourth-order valence-electron chi connectivity index (χ4n) is 5.34. The predicted octanol–water partition coefficient (Wildman–Crippen LogP) is 11.6. The van der Waals surface area contributed by atoms with Gasteiger partial charge in [-0.05, 0) is 61.0 Å². The van der Waals surface area contributed by atoms with Crippen LogP contribution in [0.2, 0.25) is 25.1 Å². The first-order chi connectivity index (χ1) is 23.9. The second-order valence-electron chi connectivity index (χ2n) is 11.9. The van der Waals surface area contributed by atoms with Crippen LogP contribution in [-0.2, 0) is 14.8 Å². The van der Waals surface area contributed by atoms with Gasteiger partial charge >= 0.3 is 0 Å². The van der Waals surface area contributed by atoms with Crippen molar-refractivity contribution >= 4 is 96.8 Å². The Morgan fingerprint density at radius 3 is 1.88 bits per heavy atom. The molecule has 1 aromatic heterocycles. The van der Waals surface area contributed by atoms with E-state index in [1.807, 2.05) is 0 Å². The van der Waals surface area contributed by atoms with Gasteiger partial charge in [0.2, 0.25) is 5.91 Å². The van der Waals surface area contributed by atoms with Crippen molar-refractivity contribution in [2.24, 2.45) is 0 Å². The van der Waals surface area contributed by atoms with Gasteiger partial charge < -0.3 is 10.6 Å². The van der Waals surface area contributed by atoms with Crippen LogP contribution in [0.4, 0.5) is 22.9 Å². The normalized spacial score (nSPS) is 11.5. The Balaban J connectivity index is 1.42. The van der Waals surface area contributed by atoms with Gasteiger partial charge in [0.15, 0.2) is 11.5 Å². The maximum absolute atomic E-state index is 13.7. The molecule has 4 rings (SSSR count). The Kier molecular flexibility index (Phi) is 15.3. The van der Waals surface area contributed by atoms with E-state index in [0.29, 0.717) is 22.8 Å². The smallest absolute Gasteiger partial charge is 0.297 e. The average molecular weight is 804 g/mol. The molecule has 0 atom stereocenters. The number of rotatable bonds is 19. The SMILES string of the molecule is CCCCCCCCCCCCCC(=O)Nc1ccc(S(=O)(=O)Nc2c(Nc3ccc(Cl)cc3Cl)[nH]n(-c3c(Cl)cc(Cl)cc3Cl)c2=O)cc1. The van der Waals surface area contributed by atoms with Gasteiger partial charge in [-0.1, -0.05) is 129 Å². The average Bonchev–Trinajstić information content (AvgIpc) is 3.34. The first-order valence-corrected chi connectivity index (χ1v) is 19.9. The highest BCUT2D eigenvalue weighted by atomic mass is 35.5. The van der Waals surface area contributed by atoms with Crippen molar-refractivity contribution < 1.29 is 13.2 Å². The molecule has 0 aliphatic carbocycles. The molecule has 0 bridgehead atoms. The molecule has 50 heavy (non-hydrogen) atoms. The summed E-state index contributed by atoms with van der Waals surface area (Å²) in [5.74, 6) is -0.199. The molecule has 0 spiro atoms. The van der Waals surface area contributed by atoms with Gasteiger partial charge in [0, 0.05) is 22.2 Å². The summed E-state index contributed by atoms with van der Waals surface area (Å²) >= 11 is 31.2. The minimum absolute atomic E-state index is 0.0393. The summed E-state index contributed by atoms with van der Waals surface area (Å²) in [6.07, 6.45) is 13.5. The van der Waals surface area contributed by atoms with Crippen LogP contribution < -0.4 is 20.9 Å². The van der Waals surface area contributed by atoms with E-state index in [0.717, 1.165) is 23.9 Å². The largest absolute Gasteiger partial charge is 0.338 e. The summed E-state index contributed by atoms with van der Waals surface area (Å²) in [6, 6.07) is 13.0. The molecule has 270 valence electrons. The van der Waals surface area contributed by atoms with E-state index in [2.05, 4.69) is 27.4 Å². The van der Waals surface area contributed by atoms with Gasteiger partial charge in [-0.25, -0.2) is 13.1 Å². The van der Waals surface area contributed by atoms with E-state index in [1.165, 1.54) is 93.8 Å².